The highest BCUT2D eigenvalue weighted by Gasteiger charge is 2.12. The van der Waals surface area contributed by atoms with Crippen LogP contribution in [0.15, 0.2) is 24.3 Å². The fourth-order valence-corrected chi connectivity index (χ4v) is 1.46. The number of unbranched alkanes of at least 4 members (excludes halogenated alkanes) is 3. The van der Waals surface area contributed by atoms with Crippen molar-refractivity contribution in [3.63, 3.8) is 0 Å². The largest absolute Gasteiger partial charge is 0.390 e. The van der Waals surface area contributed by atoms with Crippen molar-refractivity contribution in [2.75, 3.05) is 0 Å². The molecule has 0 heterocycles. The maximum absolute atomic E-state index is 9.63. The summed E-state index contributed by atoms with van der Waals surface area (Å²) in [5.41, 5.74) is 0. The number of allylic oxidation sites excluding steroid dienone is 2. The Morgan fingerprint density at radius 1 is 1.06 bits per heavy atom. The molecule has 2 atom stereocenters. The van der Waals surface area contributed by atoms with Crippen molar-refractivity contribution < 1.29 is 10.2 Å². The van der Waals surface area contributed by atoms with Gasteiger partial charge in [0.2, 0.25) is 0 Å². The molecule has 0 spiro atoms. The van der Waals surface area contributed by atoms with Crippen LogP contribution in [-0.2, 0) is 0 Å². The monoisotopic (exact) mass is 236 g/mol. The van der Waals surface area contributed by atoms with Gasteiger partial charge in [-0.2, -0.15) is 0 Å². The number of terminal acetylenes is 1. The average molecular weight is 236 g/mol. The van der Waals surface area contributed by atoms with Gasteiger partial charge in [-0.25, -0.2) is 0 Å². The van der Waals surface area contributed by atoms with Crippen molar-refractivity contribution in [1.29, 1.82) is 0 Å². The Balaban J connectivity index is 3.66. The topological polar surface area (TPSA) is 40.5 Å². The zero-order valence-electron chi connectivity index (χ0n) is 10.7. The van der Waals surface area contributed by atoms with Gasteiger partial charge in [0.1, 0.15) is 0 Å². The molecule has 0 aromatic carbocycles. The maximum atomic E-state index is 9.63. The van der Waals surface area contributed by atoms with Gasteiger partial charge in [0.15, 0.2) is 0 Å². The molecule has 0 unspecified atom stereocenters. The Hall–Kier alpha value is -1.04. The standard InChI is InChI=1S/C15H24O2/c1-3-5-7-8-9-11-13-15(17)14(16)12-10-6-4-2/h2,6,9-11,14-17H,3,5,7-8,12-13H2,1H3/b10-6-,11-9-/t14-,15-/m1/s1. The van der Waals surface area contributed by atoms with Gasteiger partial charge in [0, 0.05) is 0 Å². The Morgan fingerprint density at radius 2 is 1.71 bits per heavy atom. The van der Waals surface area contributed by atoms with E-state index in [1.165, 1.54) is 25.3 Å². The number of rotatable bonds is 9. The molecule has 0 fully saturated rings. The molecule has 0 amide bonds. The third kappa shape index (κ3) is 9.86. The van der Waals surface area contributed by atoms with Crippen LogP contribution in [0.4, 0.5) is 0 Å². The van der Waals surface area contributed by atoms with Crippen molar-refractivity contribution in [3.8, 4) is 12.3 Å². The van der Waals surface area contributed by atoms with Crippen LogP contribution in [-0.4, -0.2) is 22.4 Å². The second kappa shape index (κ2) is 11.4. The van der Waals surface area contributed by atoms with Gasteiger partial charge in [0.25, 0.3) is 0 Å². The summed E-state index contributed by atoms with van der Waals surface area (Å²) in [6, 6.07) is 0. The molecule has 0 aliphatic rings. The minimum atomic E-state index is -0.736. The highest BCUT2D eigenvalue weighted by atomic mass is 16.3. The van der Waals surface area contributed by atoms with Crippen LogP contribution in [0.2, 0.25) is 0 Å². The molecule has 2 heteroatoms. The van der Waals surface area contributed by atoms with Crippen molar-refractivity contribution in [1.82, 2.24) is 0 Å². The lowest BCUT2D eigenvalue weighted by Gasteiger charge is -2.14. The van der Waals surface area contributed by atoms with Gasteiger partial charge < -0.3 is 10.2 Å². The summed E-state index contributed by atoms with van der Waals surface area (Å²) < 4.78 is 0. The molecular formula is C15H24O2. The van der Waals surface area contributed by atoms with Crippen LogP contribution in [0, 0.1) is 12.3 Å². The van der Waals surface area contributed by atoms with E-state index in [0.29, 0.717) is 12.8 Å². The van der Waals surface area contributed by atoms with Gasteiger partial charge >= 0.3 is 0 Å². The summed E-state index contributed by atoms with van der Waals surface area (Å²) >= 11 is 0. The predicted octanol–water partition coefficient (Wildman–Crippen LogP) is 2.81. The zero-order chi connectivity index (χ0) is 12.9. The lowest BCUT2D eigenvalue weighted by atomic mass is 10.1. The van der Waals surface area contributed by atoms with E-state index >= 15 is 0 Å². The molecule has 0 saturated heterocycles. The van der Waals surface area contributed by atoms with Gasteiger partial charge in [0.05, 0.1) is 12.2 Å². The molecule has 96 valence electrons. The molecule has 2 N–H and O–H groups in total. The van der Waals surface area contributed by atoms with E-state index < -0.39 is 12.2 Å². The van der Waals surface area contributed by atoms with E-state index in [1.54, 1.807) is 6.08 Å². The third-order valence-electron chi connectivity index (χ3n) is 2.55. The number of hydrogen-bond donors (Lipinski definition) is 2. The van der Waals surface area contributed by atoms with Gasteiger partial charge in [-0.1, -0.05) is 43.9 Å². The second-order valence-corrected chi connectivity index (χ2v) is 4.14. The summed E-state index contributed by atoms with van der Waals surface area (Å²) in [4.78, 5) is 0. The lowest BCUT2D eigenvalue weighted by Crippen LogP contribution is -2.24. The van der Waals surface area contributed by atoms with Crippen molar-refractivity contribution in [2.45, 2.75) is 57.7 Å². The number of aliphatic hydroxyl groups excluding tert-OH is 2. The fraction of sp³-hybridized carbons (Fsp3) is 0.600. The highest BCUT2D eigenvalue weighted by molar-refractivity contribution is 5.09. The quantitative estimate of drug-likeness (QED) is 0.367. The van der Waals surface area contributed by atoms with Crippen molar-refractivity contribution in [3.05, 3.63) is 24.3 Å². The Kier molecular flexibility index (Phi) is 10.7. The SMILES string of the molecule is C#C/C=C\C[C@@H](O)[C@H](O)C/C=C\CCCCC. The molecular weight excluding hydrogens is 212 g/mol. The fourth-order valence-electron chi connectivity index (χ4n) is 1.46. The van der Waals surface area contributed by atoms with Crippen molar-refractivity contribution in [2.24, 2.45) is 0 Å². The van der Waals surface area contributed by atoms with Gasteiger partial charge in [-0.05, 0) is 31.8 Å². The molecule has 17 heavy (non-hydrogen) atoms. The number of hydrogen-bond acceptors (Lipinski definition) is 2. The van der Waals surface area contributed by atoms with E-state index in [1.807, 2.05) is 6.08 Å². The Labute approximate surface area is 105 Å². The molecule has 0 aromatic heterocycles. The summed E-state index contributed by atoms with van der Waals surface area (Å²) in [5, 5.41) is 19.2. The van der Waals surface area contributed by atoms with E-state index in [0.717, 1.165) is 6.42 Å². The molecule has 0 bridgehead atoms. The van der Waals surface area contributed by atoms with Crippen LogP contribution >= 0.6 is 0 Å². The van der Waals surface area contributed by atoms with Crippen LogP contribution in [0.3, 0.4) is 0 Å². The van der Waals surface area contributed by atoms with Crippen molar-refractivity contribution >= 4 is 0 Å². The lowest BCUT2D eigenvalue weighted by molar-refractivity contribution is 0.0238. The normalized spacial score (nSPS) is 15.2. The van der Waals surface area contributed by atoms with Crippen LogP contribution in [0.25, 0.3) is 0 Å². The number of aliphatic hydroxyl groups is 2. The first kappa shape index (κ1) is 16.0. The Bertz CT molecular complexity index is 261. The highest BCUT2D eigenvalue weighted by Crippen LogP contribution is 2.06. The second-order valence-electron chi connectivity index (χ2n) is 4.14. The predicted molar refractivity (Wildman–Crippen MR) is 72.5 cm³/mol. The molecule has 0 rings (SSSR count). The van der Waals surface area contributed by atoms with Crippen LogP contribution < -0.4 is 0 Å². The summed E-state index contributed by atoms with van der Waals surface area (Å²) in [7, 11) is 0. The van der Waals surface area contributed by atoms with E-state index in [-0.39, 0.29) is 0 Å². The van der Waals surface area contributed by atoms with E-state index in [2.05, 4.69) is 18.9 Å². The molecule has 0 aromatic rings. The molecule has 0 aliphatic carbocycles. The minimum absolute atomic E-state index is 0.398. The minimum Gasteiger partial charge on any atom is -0.390 e. The molecule has 0 saturated carbocycles. The van der Waals surface area contributed by atoms with Crippen LogP contribution in [0.1, 0.15) is 45.4 Å². The first-order valence-electron chi connectivity index (χ1n) is 6.34. The Morgan fingerprint density at radius 3 is 2.29 bits per heavy atom. The zero-order valence-corrected chi connectivity index (χ0v) is 10.7. The first-order chi connectivity index (χ1) is 8.22. The third-order valence-corrected chi connectivity index (χ3v) is 2.55. The van der Waals surface area contributed by atoms with E-state index in [9.17, 15) is 10.2 Å². The molecule has 2 nitrogen and oxygen atoms in total. The maximum Gasteiger partial charge on any atom is 0.0836 e. The van der Waals surface area contributed by atoms with Crippen LogP contribution in [0.5, 0.6) is 0 Å². The average Bonchev–Trinajstić information content (AvgIpc) is 2.33. The first-order valence-corrected chi connectivity index (χ1v) is 6.34. The smallest absolute Gasteiger partial charge is 0.0836 e. The van der Waals surface area contributed by atoms with E-state index in [4.69, 9.17) is 6.42 Å². The summed E-state index contributed by atoms with van der Waals surface area (Å²) in [6.45, 7) is 2.17. The molecule has 0 aliphatic heterocycles. The van der Waals surface area contributed by atoms with Gasteiger partial charge in [-0.3, -0.25) is 0 Å². The summed E-state index contributed by atoms with van der Waals surface area (Å²) in [6.07, 6.45) is 16.4. The molecule has 0 radical (unpaired) electrons. The summed E-state index contributed by atoms with van der Waals surface area (Å²) in [5.74, 6) is 2.35. The van der Waals surface area contributed by atoms with Gasteiger partial charge in [-0.15, -0.1) is 6.42 Å².